The smallest absolute Gasteiger partial charge is 0.341 e. The number of benzene rings is 1. The average Bonchev–Trinajstić information content (AvgIpc) is 3.27. The van der Waals surface area contributed by atoms with Gasteiger partial charge >= 0.3 is 5.97 Å². The molecule has 0 atom stereocenters. The van der Waals surface area contributed by atoms with Crippen LogP contribution in [0, 0.1) is 11.3 Å². The monoisotopic (exact) mass is 325 g/mol. The van der Waals surface area contributed by atoms with E-state index in [0.717, 1.165) is 12.8 Å². The summed E-state index contributed by atoms with van der Waals surface area (Å²) >= 11 is 0. The second kappa shape index (κ2) is 7.18. The van der Waals surface area contributed by atoms with Gasteiger partial charge in [-0.15, -0.1) is 0 Å². The number of aromatic nitrogens is 2. The van der Waals surface area contributed by atoms with Crippen molar-refractivity contribution >= 4 is 5.97 Å². The van der Waals surface area contributed by atoms with Crippen molar-refractivity contribution in [2.75, 3.05) is 6.61 Å². The van der Waals surface area contributed by atoms with Gasteiger partial charge in [0.1, 0.15) is 11.8 Å². The summed E-state index contributed by atoms with van der Waals surface area (Å²) in [5, 5.41) is 13.6. The molecule has 0 amide bonds. The van der Waals surface area contributed by atoms with E-state index in [4.69, 9.17) is 9.47 Å². The molecule has 24 heavy (non-hydrogen) atoms. The molecule has 6 nitrogen and oxygen atoms in total. The summed E-state index contributed by atoms with van der Waals surface area (Å²) in [6, 6.07) is 7.50. The minimum Gasteiger partial charge on any atom is -0.489 e. The van der Waals surface area contributed by atoms with E-state index < -0.39 is 5.97 Å². The molecule has 1 aromatic heterocycles. The third-order valence-electron chi connectivity index (χ3n) is 4.04. The Morgan fingerprint density at radius 1 is 1.42 bits per heavy atom. The van der Waals surface area contributed by atoms with Crippen LogP contribution < -0.4 is 4.74 Å². The second-order valence-electron chi connectivity index (χ2n) is 5.71. The summed E-state index contributed by atoms with van der Waals surface area (Å²) in [5.41, 5.74) is 1.54. The molecule has 0 bridgehead atoms. The minimum absolute atomic E-state index is 0.197. The first-order valence-corrected chi connectivity index (χ1v) is 8.14. The third-order valence-corrected chi connectivity index (χ3v) is 4.04. The van der Waals surface area contributed by atoms with E-state index >= 15 is 0 Å². The summed E-state index contributed by atoms with van der Waals surface area (Å²) in [7, 11) is 0. The van der Waals surface area contributed by atoms with Crippen molar-refractivity contribution in [3.63, 3.8) is 0 Å². The van der Waals surface area contributed by atoms with Crippen LogP contribution in [0.15, 0.2) is 30.6 Å². The van der Waals surface area contributed by atoms with Gasteiger partial charge in [-0.3, -0.25) is 0 Å². The molecule has 1 aliphatic carbocycles. The van der Waals surface area contributed by atoms with Crippen LogP contribution in [0.25, 0.3) is 5.69 Å². The predicted octanol–water partition coefficient (Wildman–Crippen LogP) is 3.24. The lowest BCUT2D eigenvalue weighted by molar-refractivity contribution is 0.0526. The maximum atomic E-state index is 11.7. The van der Waals surface area contributed by atoms with Gasteiger partial charge in [-0.05, 0) is 50.8 Å². The summed E-state index contributed by atoms with van der Waals surface area (Å²) in [5.74, 6) is 0.191. The Balaban J connectivity index is 1.81. The molecule has 1 heterocycles. The molecule has 124 valence electrons. The van der Waals surface area contributed by atoms with Crippen molar-refractivity contribution in [2.45, 2.75) is 38.7 Å². The molecule has 6 heteroatoms. The van der Waals surface area contributed by atoms with Crippen LogP contribution in [0.4, 0.5) is 0 Å². The Bertz CT molecular complexity index is 770. The Kier molecular flexibility index (Phi) is 4.80. The topological polar surface area (TPSA) is 77.1 Å². The molecule has 0 aliphatic heterocycles. The summed E-state index contributed by atoms with van der Waals surface area (Å²) in [6.07, 6.45) is 7.66. The number of carbonyl (C=O) groups excluding carboxylic acids is 1. The van der Waals surface area contributed by atoms with E-state index in [0.29, 0.717) is 29.2 Å². The van der Waals surface area contributed by atoms with E-state index in [-0.39, 0.29) is 6.10 Å². The molecule has 3 rings (SSSR count). The Labute approximate surface area is 140 Å². The number of hydrogen-bond donors (Lipinski definition) is 0. The summed E-state index contributed by atoms with van der Waals surface area (Å²) < 4.78 is 12.4. The zero-order valence-corrected chi connectivity index (χ0v) is 13.6. The molecule has 0 saturated heterocycles. The lowest BCUT2D eigenvalue weighted by atomic mass is 10.2. The molecule has 0 spiro atoms. The van der Waals surface area contributed by atoms with Crippen molar-refractivity contribution in [2.24, 2.45) is 0 Å². The van der Waals surface area contributed by atoms with Gasteiger partial charge in [-0.1, -0.05) is 0 Å². The fraction of sp³-hybridized carbons (Fsp3) is 0.389. The van der Waals surface area contributed by atoms with E-state index in [1.807, 2.05) is 6.07 Å². The van der Waals surface area contributed by atoms with Crippen LogP contribution in [-0.2, 0) is 4.74 Å². The van der Waals surface area contributed by atoms with Crippen LogP contribution in [0.1, 0.15) is 48.5 Å². The van der Waals surface area contributed by atoms with Crippen LogP contribution >= 0.6 is 0 Å². The molecule has 2 aromatic rings. The van der Waals surface area contributed by atoms with Gasteiger partial charge in [0.05, 0.1) is 35.7 Å². The summed E-state index contributed by atoms with van der Waals surface area (Å²) in [6.45, 7) is 2.07. The zero-order chi connectivity index (χ0) is 16.9. The predicted molar refractivity (Wildman–Crippen MR) is 87.1 cm³/mol. The van der Waals surface area contributed by atoms with Crippen molar-refractivity contribution in [3.8, 4) is 17.5 Å². The van der Waals surface area contributed by atoms with E-state index in [2.05, 4.69) is 11.2 Å². The van der Waals surface area contributed by atoms with Crippen LogP contribution in [0.5, 0.6) is 5.75 Å². The Hall–Kier alpha value is -2.81. The van der Waals surface area contributed by atoms with Crippen LogP contribution in [-0.4, -0.2) is 28.5 Å². The molecular weight excluding hydrogens is 306 g/mol. The molecule has 1 aliphatic rings. The lowest BCUT2D eigenvalue weighted by Gasteiger charge is -2.14. The highest BCUT2D eigenvalue weighted by Gasteiger charge is 2.18. The van der Waals surface area contributed by atoms with E-state index in [9.17, 15) is 10.1 Å². The molecular formula is C18H19N3O3. The fourth-order valence-electron chi connectivity index (χ4n) is 2.82. The number of nitriles is 1. The Morgan fingerprint density at radius 3 is 2.92 bits per heavy atom. The third kappa shape index (κ3) is 3.40. The highest BCUT2D eigenvalue weighted by molar-refractivity contribution is 5.88. The highest BCUT2D eigenvalue weighted by atomic mass is 16.5. The van der Waals surface area contributed by atoms with Gasteiger partial charge in [0, 0.05) is 6.20 Å². The van der Waals surface area contributed by atoms with Crippen molar-refractivity contribution in [1.82, 2.24) is 9.78 Å². The van der Waals surface area contributed by atoms with Gasteiger partial charge in [-0.2, -0.15) is 10.4 Å². The van der Waals surface area contributed by atoms with E-state index in [1.165, 1.54) is 19.0 Å². The van der Waals surface area contributed by atoms with Gasteiger partial charge in [0.15, 0.2) is 0 Å². The quantitative estimate of drug-likeness (QED) is 0.789. The fourth-order valence-corrected chi connectivity index (χ4v) is 2.82. The van der Waals surface area contributed by atoms with Crippen molar-refractivity contribution in [1.29, 1.82) is 5.26 Å². The first-order valence-electron chi connectivity index (χ1n) is 8.14. The number of esters is 1. The second-order valence-corrected chi connectivity index (χ2v) is 5.71. The molecule has 0 N–H and O–H groups in total. The van der Waals surface area contributed by atoms with E-state index in [1.54, 1.807) is 29.9 Å². The molecule has 0 unspecified atom stereocenters. The Morgan fingerprint density at radius 2 is 2.21 bits per heavy atom. The first kappa shape index (κ1) is 16.1. The minimum atomic E-state index is -0.412. The van der Waals surface area contributed by atoms with Gasteiger partial charge in [0.25, 0.3) is 0 Å². The number of carbonyl (C=O) groups is 1. The lowest BCUT2D eigenvalue weighted by Crippen LogP contribution is -2.12. The summed E-state index contributed by atoms with van der Waals surface area (Å²) in [4.78, 5) is 11.7. The zero-order valence-electron chi connectivity index (χ0n) is 13.6. The number of nitrogens with zero attached hydrogens (tertiary/aromatic N) is 3. The molecule has 1 aromatic carbocycles. The normalized spacial score (nSPS) is 14.3. The number of ether oxygens (including phenoxy) is 2. The van der Waals surface area contributed by atoms with Crippen LogP contribution in [0.2, 0.25) is 0 Å². The largest absolute Gasteiger partial charge is 0.489 e. The molecule has 1 saturated carbocycles. The maximum Gasteiger partial charge on any atom is 0.341 e. The van der Waals surface area contributed by atoms with Gasteiger partial charge in [0.2, 0.25) is 0 Å². The number of rotatable bonds is 5. The molecule has 1 fully saturated rings. The highest BCUT2D eigenvalue weighted by Crippen LogP contribution is 2.27. The van der Waals surface area contributed by atoms with Crippen molar-refractivity contribution < 1.29 is 14.3 Å². The molecule has 0 radical (unpaired) electrons. The van der Waals surface area contributed by atoms with Crippen LogP contribution in [0.3, 0.4) is 0 Å². The van der Waals surface area contributed by atoms with Crippen molar-refractivity contribution in [3.05, 3.63) is 41.7 Å². The van der Waals surface area contributed by atoms with Gasteiger partial charge in [-0.25, -0.2) is 9.48 Å². The first-order chi connectivity index (χ1) is 11.7. The number of hydrogen-bond acceptors (Lipinski definition) is 5. The van der Waals surface area contributed by atoms with Gasteiger partial charge < -0.3 is 9.47 Å². The average molecular weight is 325 g/mol. The SMILES string of the molecule is CCOC(=O)c1cnn(-c2ccc(OC3CCCC3)c(C#N)c2)c1. The standard InChI is InChI=1S/C18H19N3O3/c1-2-23-18(22)14-11-20-21(12-14)15-7-8-17(13(9-15)10-19)24-16-5-3-4-6-16/h7-9,11-12,16H,2-6H2,1H3. The maximum absolute atomic E-state index is 11.7.